The van der Waals surface area contributed by atoms with Crippen molar-refractivity contribution >= 4 is 49.4 Å². The number of rotatable bonds is 4. The minimum absolute atomic E-state index is 0.0170. The number of carbonyl (C=O) groups is 2. The zero-order valence-electron chi connectivity index (χ0n) is 15.5. The molecule has 1 aromatic heterocycles. The molecule has 1 atom stereocenters. The molecular formula is C20H15Br2N3O5. The van der Waals surface area contributed by atoms with E-state index in [4.69, 9.17) is 9.15 Å². The van der Waals surface area contributed by atoms with Crippen LogP contribution >= 0.6 is 31.9 Å². The minimum atomic E-state index is -0.899. The van der Waals surface area contributed by atoms with Gasteiger partial charge in [0.05, 0.1) is 12.7 Å². The standard InChI is InChI=1S/C20H15Br2N3O5/c1-29-11-3-5-15(26)13(9-11)18-23-14-4-2-10(21)8-12(14)20(28)25(18)24-19(27)16-6-7-17(22)30-16/h2-9,18,23,26H,1H3,(H,24,27)/t18-/m0/s1. The normalized spacial score (nSPS) is 15.4. The maximum Gasteiger partial charge on any atom is 0.305 e. The quantitative estimate of drug-likeness (QED) is 0.455. The molecule has 154 valence electrons. The van der Waals surface area contributed by atoms with Crippen LogP contribution < -0.4 is 15.5 Å². The van der Waals surface area contributed by atoms with Gasteiger partial charge < -0.3 is 19.6 Å². The molecule has 0 saturated heterocycles. The van der Waals surface area contributed by atoms with E-state index in [9.17, 15) is 14.7 Å². The summed E-state index contributed by atoms with van der Waals surface area (Å²) in [6.07, 6.45) is -0.899. The van der Waals surface area contributed by atoms with Gasteiger partial charge in [-0.15, -0.1) is 0 Å². The van der Waals surface area contributed by atoms with Crippen LogP contribution in [0.5, 0.6) is 11.5 Å². The smallest absolute Gasteiger partial charge is 0.305 e. The molecule has 8 nitrogen and oxygen atoms in total. The summed E-state index contributed by atoms with van der Waals surface area (Å²) in [6.45, 7) is 0. The van der Waals surface area contributed by atoms with Crippen molar-refractivity contribution in [3.63, 3.8) is 0 Å². The van der Waals surface area contributed by atoms with E-state index in [1.54, 1.807) is 36.4 Å². The van der Waals surface area contributed by atoms with E-state index in [0.717, 1.165) is 5.01 Å². The Morgan fingerprint density at radius 1 is 1.20 bits per heavy atom. The van der Waals surface area contributed by atoms with Crippen LogP contribution in [0.3, 0.4) is 0 Å². The zero-order chi connectivity index (χ0) is 21.4. The molecule has 0 radical (unpaired) electrons. The summed E-state index contributed by atoms with van der Waals surface area (Å²) in [5, 5.41) is 14.8. The van der Waals surface area contributed by atoms with E-state index in [-0.39, 0.29) is 11.5 Å². The van der Waals surface area contributed by atoms with E-state index in [2.05, 4.69) is 42.6 Å². The molecule has 1 aliphatic rings. The number of aromatic hydroxyl groups is 1. The molecule has 2 aromatic carbocycles. The van der Waals surface area contributed by atoms with Gasteiger partial charge in [-0.3, -0.25) is 15.0 Å². The van der Waals surface area contributed by atoms with Gasteiger partial charge in [0, 0.05) is 15.7 Å². The summed E-state index contributed by atoms with van der Waals surface area (Å²) >= 11 is 6.51. The van der Waals surface area contributed by atoms with Crippen molar-refractivity contribution in [1.29, 1.82) is 0 Å². The van der Waals surface area contributed by atoms with Crippen LogP contribution in [0.15, 0.2) is 62.1 Å². The Balaban J connectivity index is 1.78. The summed E-state index contributed by atoms with van der Waals surface area (Å²) in [5.74, 6) is -0.650. The number of benzene rings is 2. The molecule has 0 saturated carbocycles. The second kappa shape index (κ2) is 8.04. The lowest BCUT2D eigenvalue weighted by atomic mass is 10.0. The fourth-order valence-corrected chi connectivity index (χ4v) is 3.76. The Hall–Kier alpha value is -2.98. The minimum Gasteiger partial charge on any atom is -0.508 e. The third-order valence-electron chi connectivity index (χ3n) is 4.53. The number of phenolic OH excluding ortho intramolecular Hbond substituents is 1. The molecule has 0 unspecified atom stereocenters. The molecule has 0 fully saturated rings. The molecule has 2 amide bonds. The maximum atomic E-state index is 13.3. The van der Waals surface area contributed by atoms with Gasteiger partial charge in [0.2, 0.25) is 0 Å². The van der Waals surface area contributed by atoms with Crippen LogP contribution in [0.1, 0.15) is 32.6 Å². The van der Waals surface area contributed by atoms with E-state index in [1.165, 1.54) is 19.2 Å². The first-order valence-corrected chi connectivity index (χ1v) is 10.3. The summed E-state index contributed by atoms with van der Waals surface area (Å²) in [7, 11) is 1.50. The van der Waals surface area contributed by atoms with Gasteiger partial charge in [0.25, 0.3) is 5.91 Å². The SMILES string of the molecule is COc1ccc(O)c([C@H]2Nc3ccc(Br)cc3C(=O)N2NC(=O)c2ccc(Br)o2)c1. The number of phenols is 1. The first-order valence-electron chi connectivity index (χ1n) is 8.70. The third-order valence-corrected chi connectivity index (χ3v) is 5.45. The highest BCUT2D eigenvalue weighted by atomic mass is 79.9. The van der Waals surface area contributed by atoms with Crippen LogP contribution in [-0.4, -0.2) is 29.0 Å². The van der Waals surface area contributed by atoms with Gasteiger partial charge in [-0.05, 0) is 64.5 Å². The average molecular weight is 537 g/mol. The largest absolute Gasteiger partial charge is 0.508 e. The molecule has 0 spiro atoms. The summed E-state index contributed by atoms with van der Waals surface area (Å²) in [6, 6.07) is 12.9. The van der Waals surface area contributed by atoms with Crippen molar-refractivity contribution < 1.29 is 23.8 Å². The van der Waals surface area contributed by atoms with Crippen molar-refractivity contribution in [2.24, 2.45) is 0 Å². The van der Waals surface area contributed by atoms with Crippen LogP contribution in [-0.2, 0) is 0 Å². The number of hydrogen-bond donors (Lipinski definition) is 3. The Morgan fingerprint density at radius 3 is 2.70 bits per heavy atom. The number of amides is 2. The number of ether oxygens (including phenoxy) is 1. The average Bonchev–Trinajstić information content (AvgIpc) is 3.17. The molecule has 30 heavy (non-hydrogen) atoms. The highest BCUT2D eigenvalue weighted by Crippen LogP contribution is 2.38. The Labute approximate surface area is 188 Å². The summed E-state index contributed by atoms with van der Waals surface area (Å²) in [4.78, 5) is 26.0. The Morgan fingerprint density at radius 2 is 2.00 bits per heavy atom. The van der Waals surface area contributed by atoms with Gasteiger partial charge in [0.1, 0.15) is 11.5 Å². The third kappa shape index (κ3) is 3.75. The van der Waals surface area contributed by atoms with Crippen molar-refractivity contribution in [2.75, 3.05) is 12.4 Å². The number of halogens is 2. The lowest BCUT2D eigenvalue weighted by molar-refractivity contribution is 0.0477. The highest BCUT2D eigenvalue weighted by molar-refractivity contribution is 9.10. The zero-order valence-corrected chi connectivity index (χ0v) is 18.7. The van der Waals surface area contributed by atoms with E-state index >= 15 is 0 Å². The van der Waals surface area contributed by atoms with Crippen molar-refractivity contribution in [3.8, 4) is 11.5 Å². The monoisotopic (exact) mass is 535 g/mol. The highest BCUT2D eigenvalue weighted by Gasteiger charge is 2.36. The van der Waals surface area contributed by atoms with E-state index in [1.807, 2.05) is 0 Å². The fourth-order valence-electron chi connectivity index (χ4n) is 3.09. The molecular weight excluding hydrogens is 522 g/mol. The molecule has 1 aliphatic heterocycles. The summed E-state index contributed by atoms with van der Waals surface area (Å²) < 4.78 is 11.6. The van der Waals surface area contributed by atoms with Gasteiger partial charge in [-0.25, -0.2) is 5.01 Å². The number of nitrogens with one attached hydrogen (secondary N) is 2. The molecule has 0 aliphatic carbocycles. The van der Waals surface area contributed by atoms with Crippen molar-refractivity contribution in [3.05, 3.63) is 74.6 Å². The predicted octanol–water partition coefficient (Wildman–Crippen LogP) is 4.43. The summed E-state index contributed by atoms with van der Waals surface area (Å²) in [5.41, 5.74) is 3.83. The number of hydrazine groups is 1. The number of furan rings is 1. The van der Waals surface area contributed by atoms with Gasteiger partial charge >= 0.3 is 5.91 Å². The van der Waals surface area contributed by atoms with Gasteiger partial charge in [0.15, 0.2) is 16.6 Å². The Bertz CT molecular complexity index is 1150. The second-order valence-electron chi connectivity index (χ2n) is 6.38. The van der Waals surface area contributed by atoms with E-state index in [0.29, 0.717) is 31.7 Å². The molecule has 10 heteroatoms. The maximum absolute atomic E-state index is 13.3. The molecule has 3 N–H and O–H groups in total. The topological polar surface area (TPSA) is 104 Å². The van der Waals surface area contributed by atoms with Crippen molar-refractivity contribution in [2.45, 2.75) is 6.17 Å². The van der Waals surface area contributed by atoms with Gasteiger partial charge in [-0.2, -0.15) is 0 Å². The number of anilines is 1. The van der Waals surface area contributed by atoms with Crippen molar-refractivity contribution in [1.82, 2.24) is 10.4 Å². The molecule has 3 aromatic rings. The molecule has 0 bridgehead atoms. The number of fused-ring (bicyclic) bond motifs is 1. The number of methoxy groups -OCH3 is 1. The second-order valence-corrected chi connectivity index (χ2v) is 8.08. The van der Waals surface area contributed by atoms with Crippen LogP contribution in [0.2, 0.25) is 0 Å². The van der Waals surface area contributed by atoms with E-state index < -0.39 is 18.0 Å². The molecule has 4 rings (SSSR count). The first-order chi connectivity index (χ1) is 14.4. The lowest BCUT2D eigenvalue weighted by Gasteiger charge is -2.37. The van der Waals surface area contributed by atoms with Gasteiger partial charge in [-0.1, -0.05) is 15.9 Å². The predicted molar refractivity (Wildman–Crippen MR) is 115 cm³/mol. The Kier molecular flexibility index (Phi) is 5.44. The molecule has 2 heterocycles. The van der Waals surface area contributed by atoms with Crippen LogP contribution in [0, 0.1) is 0 Å². The van der Waals surface area contributed by atoms with Crippen LogP contribution in [0.25, 0.3) is 0 Å². The number of nitrogens with zero attached hydrogens (tertiary/aromatic N) is 1. The lowest BCUT2D eigenvalue weighted by Crippen LogP contribution is -2.52. The first kappa shape index (κ1) is 20.3. The number of carbonyl (C=O) groups excluding carboxylic acids is 2. The van der Waals surface area contributed by atoms with Crippen LogP contribution in [0.4, 0.5) is 5.69 Å². The fraction of sp³-hybridized carbons (Fsp3) is 0.100. The number of hydrogen-bond acceptors (Lipinski definition) is 6.